The summed E-state index contributed by atoms with van der Waals surface area (Å²) in [5, 5.41) is 4.13. The fraction of sp³-hybridized carbons (Fsp3) is 0.615. The topological polar surface area (TPSA) is 34.1 Å². The van der Waals surface area contributed by atoms with E-state index in [4.69, 9.17) is 4.74 Å². The van der Waals surface area contributed by atoms with Gasteiger partial charge in [-0.15, -0.1) is 0 Å². The number of hydrogen-bond acceptors (Lipinski definition) is 4. The van der Waals surface area contributed by atoms with E-state index in [1.807, 2.05) is 19.1 Å². The Morgan fingerprint density at radius 3 is 3.24 bits per heavy atom. The van der Waals surface area contributed by atoms with Gasteiger partial charge in [0.15, 0.2) is 11.6 Å². The second-order valence-corrected chi connectivity index (χ2v) is 5.56. The van der Waals surface area contributed by atoms with Crippen LogP contribution >= 0.6 is 11.8 Å². The number of thioether (sulfide) groups is 1. The molecule has 1 saturated heterocycles. The summed E-state index contributed by atoms with van der Waals surface area (Å²) in [6.07, 6.45) is 5.85. The average molecular weight is 252 g/mol. The molecule has 1 fully saturated rings. The molecule has 1 aliphatic rings. The Bertz CT molecular complexity index is 340. The van der Waals surface area contributed by atoms with E-state index < -0.39 is 0 Å². The fourth-order valence-electron chi connectivity index (χ4n) is 1.97. The maximum absolute atomic E-state index is 5.55. The van der Waals surface area contributed by atoms with Crippen molar-refractivity contribution in [3.8, 4) is 5.75 Å². The fourth-order valence-corrected chi connectivity index (χ4v) is 3.21. The van der Waals surface area contributed by atoms with Crippen molar-refractivity contribution in [3.63, 3.8) is 0 Å². The Hall–Kier alpha value is -0.900. The minimum Gasteiger partial charge on any atom is -0.490 e. The van der Waals surface area contributed by atoms with Gasteiger partial charge in [0.05, 0.1) is 6.61 Å². The molecule has 1 unspecified atom stereocenters. The van der Waals surface area contributed by atoms with Crippen LogP contribution in [0.1, 0.15) is 26.2 Å². The van der Waals surface area contributed by atoms with Crippen molar-refractivity contribution in [1.82, 2.24) is 4.98 Å². The highest BCUT2D eigenvalue weighted by atomic mass is 32.2. The average Bonchev–Trinajstić information content (AvgIpc) is 2.39. The molecule has 3 nitrogen and oxygen atoms in total. The molecule has 0 aromatic carbocycles. The SMILES string of the molecule is CCOc1cccnc1NCC1CCCCS1. The first-order valence-electron chi connectivity index (χ1n) is 6.33. The van der Waals surface area contributed by atoms with Crippen LogP contribution in [0.2, 0.25) is 0 Å². The molecular weight excluding hydrogens is 232 g/mol. The Kier molecular flexibility index (Phi) is 4.98. The van der Waals surface area contributed by atoms with E-state index in [2.05, 4.69) is 22.1 Å². The highest BCUT2D eigenvalue weighted by Crippen LogP contribution is 2.26. The molecule has 2 heterocycles. The molecule has 1 aliphatic heterocycles. The molecule has 0 amide bonds. The normalized spacial score (nSPS) is 19.9. The standard InChI is InChI=1S/C13H20N2OS/c1-2-16-12-7-5-8-14-13(12)15-10-11-6-3-4-9-17-11/h5,7-8,11H,2-4,6,9-10H2,1H3,(H,14,15). The lowest BCUT2D eigenvalue weighted by Gasteiger charge is -2.22. The van der Waals surface area contributed by atoms with Crippen molar-refractivity contribution >= 4 is 17.6 Å². The second kappa shape index (κ2) is 6.74. The van der Waals surface area contributed by atoms with Crippen molar-refractivity contribution in [2.75, 3.05) is 24.2 Å². The first-order chi connectivity index (χ1) is 8.40. The minimum atomic E-state index is 0.679. The van der Waals surface area contributed by atoms with Gasteiger partial charge in [0.1, 0.15) is 0 Å². The Morgan fingerprint density at radius 2 is 2.47 bits per heavy atom. The van der Waals surface area contributed by atoms with Crippen LogP contribution in [0, 0.1) is 0 Å². The summed E-state index contributed by atoms with van der Waals surface area (Å²) in [4.78, 5) is 4.34. The number of hydrogen-bond donors (Lipinski definition) is 1. The molecule has 0 spiro atoms. The van der Waals surface area contributed by atoms with Crippen molar-refractivity contribution in [3.05, 3.63) is 18.3 Å². The van der Waals surface area contributed by atoms with Gasteiger partial charge in [-0.05, 0) is 37.7 Å². The lowest BCUT2D eigenvalue weighted by atomic mass is 10.2. The predicted molar refractivity (Wildman–Crippen MR) is 74.0 cm³/mol. The molecule has 1 atom stereocenters. The summed E-state index contributed by atoms with van der Waals surface area (Å²) in [7, 11) is 0. The van der Waals surface area contributed by atoms with Crippen LogP contribution in [0.3, 0.4) is 0 Å². The summed E-state index contributed by atoms with van der Waals surface area (Å²) in [6, 6.07) is 3.87. The molecule has 2 rings (SSSR count). The van der Waals surface area contributed by atoms with E-state index in [1.54, 1.807) is 6.20 Å². The van der Waals surface area contributed by atoms with Gasteiger partial charge in [-0.1, -0.05) is 6.42 Å². The van der Waals surface area contributed by atoms with Crippen LogP contribution in [0.5, 0.6) is 5.75 Å². The summed E-state index contributed by atoms with van der Waals surface area (Å²) in [6.45, 7) is 3.66. The third-order valence-corrected chi connectivity index (χ3v) is 4.24. The zero-order chi connectivity index (χ0) is 11.9. The summed E-state index contributed by atoms with van der Waals surface area (Å²) >= 11 is 2.07. The van der Waals surface area contributed by atoms with Gasteiger partial charge in [0.2, 0.25) is 0 Å². The number of rotatable bonds is 5. The molecule has 1 aromatic rings. The highest BCUT2D eigenvalue weighted by Gasteiger charge is 2.14. The predicted octanol–water partition coefficient (Wildman–Crippen LogP) is 3.18. The molecule has 94 valence electrons. The van der Waals surface area contributed by atoms with Gasteiger partial charge in [0.25, 0.3) is 0 Å². The molecule has 0 bridgehead atoms. The molecule has 0 aliphatic carbocycles. The lowest BCUT2D eigenvalue weighted by Crippen LogP contribution is -2.20. The van der Waals surface area contributed by atoms with E-state index in [9.17, 15) is 0 Å². The van der Waals surface area contributed by atoms with Crippen LogP contribution in [0.4, 0.5) is 5.82 Å². The van der Waals surface area contributed by atoms with E-state index in [1.165, 1.54) is 25.0 Å². The lowest BCUT2D eigenvalue weighted by molar-refractivity contribution is 0.340. The third-order valence-electron chi connectivity index (χ3n) is 2.84. The maximum atomic E-state index is 5.55. The molecule has 0 radical (unpaired) electrons. The largest absolute Gasteiger partial charge is 0.490 e. The number of nitrogens with zero attached hydrogens (tertiary/aromatic N) is 1. The molecule has 1 aromatic heterocycles. The van der Waals surface area contributed by atoms with Gasteiger partial charge in [-0.2, -0.15) is 11.8 Å². The number of ether oxygens (including phenoxy) is 1. The molecular formula is C13H20N2OS. The molecule has 1 N–H and O–H groups in total. The second-order valence-electron chi connectivity index (χ2n) is 4.15. The van der Waals surface area contributed by atoms with Gasteiger partial charge in [0, 0.05) is 18.0 Å². The van der Waals surface area contributed by atoms with Crippen LogP contribution in [-0.2, 0) is 0 Å². The van der Waals surface area contributed by atoms with Gasteiger partial charge >= 0.3 is 0 Å². The zero-order valence-electron chi connectivity index (χ0n) is 10.3. The number of nitrogens with one attached hydrogen (secondary N) is 1. The van der Waals surface area contributed by atoms with Crippen LogP contribution < -0.4 is 10.1 Å². The van der Waals surface area contributed by atoms with Crippen molar-refractivity contribution in [1.29, 1.82) is 0 Å². The third kappa shape index (κ3) is 3.80. The Morgan fingerprint density at radius 1 is 1.53 bits per heavy atom. The van der Waals surface area contributed by atoms with Gasteiger partial charge in [-0.25, -0.2) is 4.98 Å². The van der Waals surface area contributed by atoms with E-state index in [0.29, 0.717) is 6.61 Å². The number of aromatic nitrogens is 1. The monoisotopic (exact) mass is 252 g/mol. The molecule has 0 saturated carbocycles. The van der Waals surface area contributed by atoms with E-state index in [0.717, 1.165) is 23.4 Å². The van der Waals surface area contributed by atoms with Crippen LogP contribution in [0.25, 0.3) is 0 Å². The van der Waals surface area contributed by atoms with Crippen molar-refractivity contribution < 1.29 is 4.74 Å². The summed E-state index contributed by atoms with van der Waals surface area (Å²) in [5.74, 6) is 3.03. The Labute approximate surface area is 107 Å². The number of anilines is 1. The number of pyridine rings is 1. The van der Waals surface area contributed by atoms with E-state index >= 15 is 0 Å². The van der Waals surface area contributed by atoms with Gasteiger partial charge in [-0.3, -0.25) is 0 Å². The van der Waals surface area contributed by atoms with Crippen LogP contribution in [-0.4, -0.2) is 29.1 Å². The first kappa shape index (κ1) is 12.6. The van der Waals surface area contributed by atoms with Crippen molar-refractivity contribution in [2.45, 2.75) is 31.4 Å². The minimum absolute atomic E-state index is 0.679. The zero-order valence-corrected chi connectivity index (χ0v) is 11.1. The highest BCUT2D eigenvalue weighted by molar-refractivity contribution is 7.99. The van der Waals surface area contributed by atoms with Crippen LogP contribution in [0.15, 0.2) is 18.3 Å². The van der Waals surface area contributed by atoms with Crippen molar-refractivity contribution in [2.24, 2.45) is 0 Å². The summed E-state index contributed by atoms with van der Waals surface area (Å²) < 4.78 is 5.55. The van der Waals surface area contributed by atoms with Gasteiger partial charge < -0.3 is 10.1 Å². The molecule has 4 heteroatoms. The summed E-state index contributed by atoms with van der Waals surface area (Å²) in [5.41, 5.74) is 0. The molecule has 17 heavy (non-hydrogen) atoms. The smallest absolute Gasteiger partial charge is 0.168 e. The Balaban J connectivity index is 1.88. The quantitative estimate of drug-likeness (QED) is 0.872. The maximum Gasteiger partial charge on any atom is 0.168 e. The van der Waals surface area contributed by atoms with E-state index in [-0.39, 0.29) is 0 Å². The first-order valence-corrected chi connectivity index (χ1v) is 7.38.